The van der Waals surface area contributed by atoms with Crippen LogP contribution in [0, 0.1) is 6.92 Å². The highest BCUT2D eigenvalue weighted by Crippen LogP contribution is 2.15. The Hall–Kier alpha value is -2.62. The summed E-state index contributed by atoms with van der Waals surface area (Å²) < 4.78 is 5.55. The van der Waals surface area contributed by atoms with Crippen molar-refractivity contribution in [3.63, 3.8) is 0 Å². The van der Waals surface area contributed by atoms with E-state index in [0.717, 1.165) is 11.6 Å². The summed E-state index contributed by atoms with van der Waals surface area (Å²) in [6, 6.07) is 7.43. The molecule has 1 rings (SSSR count). The van der Waals surface area contributed by atoms with E-state index in [4.69, 9.17) is 9.84 Å². The minimum Gasteiger partial charge on any atom is -0.478 e. The van der Waals surface area contributed by atoms with Crippen LogP contribution >= 0.6 is 0 Å². The smallest absolute Gasteiger partial charge is 0.328 e. The van der Waals surface area contributed by atoms with Crippen molar-refractivity contribution < 1.29 is 14.6 Å². The van der Waals surface area contributed by atoms with Crippen LogP contribution in [0.4, 0.5) is 0 Å². The molecular weight excluding hydrogens is 242 g/mol. The van der Waals surface area contributed by atoms with Crippen molar-refractivity contribution in [2.24, 2.45) is 4.99 Å². The number of nitrogens with zero attached hydrogens (tertiary/aromatic N) is 1. The van der Waals surface area contributed by atoms with Gasteiger partial charge in [0.15, 0.2) is 0 Å². The van der Waals surface area contributed by atoms with Gasteiger partial charge in [0, 0.05) is 18.5 Å². The standard InChI is InChI=1S/C15H15NO3/c1-3-16-11-10-14(8-9-15(17)18)19-13-6-4-12(2)5-7-13/h3-11H,1H2,2H3,(H,17,18)/b9-8+,14-10+,16-11+. The largest absolute Gasteiger partial charge is 0.478 e. The highest BCUT2D eigenvalue weighted by atomic mass is 16.5. The fourth-order valence-corrected chi connectivity index (χ4v) is 1.20. The van der Waals surface area contributed by atoms with Gasteiger partial charge in [-0.05, 0) is 31.2 Å². The molecule has 0 amide bonds. The van der Waals surface area contributed by atoms with Crippen molar-refractivity contribution in [1.82, 2.24) is 0 Å². The molecule has 0 aromatic heterocycles. The molecule has 4 nitrogen and oxygen atoms in total. The van der Waals surface area contributed by atoms with Crippen LogP contribution in [0.15, 0.2) is 66.0 Å². The van der Waals surface area contributed by atoms with E-state index in [2.05, 4.69) is 11.6 Å². The first-order valence-electron chi connectivity index (χ1n) is 5.61. The summed E-state index contributed by atoms with van der Waals surface area (Å²) in [5.41, 5.74) is 1.12. The molecule has 0 heterocycles. The molecule has 0 aliphatic heterocycles. The average molecular weight is 257 g/mol. The highest BCUT2D eigenvalue weighted by Gasteiger charge is 1.98. The summed E-state index contributed by atoms with van der Waals surface area (Å²) in [6.45, 7) is 5.42. The summed E-state index contributed by atoms with van der Waals surface area (Å²) in [6.07, 6.45) is 6.77. The average Bonchev–Trinajstić information content (AvgIpc) is 2.38. The Labute approximate surface area is 112 Å². The lowest BCUT2D eigenvalue weighted by Crippen LogP contribution is -1.95. The Morgan fingerprint density at radius 2 is 2.00 bits per heavy atom. The maximum atomic E-state index is 10.5. The van der Waals surface area contributed by atoms with E-state index in [0.29, 0.717) is 11.5 Å². The normalized spacial score (nSPS) is 11.9. The van der Waals surface area contributed by atoms with Gasteiger partial charge in [-0.3, -0.25) is 4.99 Å². The number of aliphatic carboxylic acids is 1. The van der Waals surface area contributed by atoms with E-state index in [1.54, 1.807) is 6.08 Å². The minimum absolute atomic E-state index is 0.372. The van der Waals surface area contributed by atoms with Gasteiger partial charge >= 0.3 is 5.97 Å². The van der Waals surface area contributed by atoms with Crippen molar-refractivity contribution in [1.29, 1.82) is 0 Å². The molecule has 1 aromatic carbocycles. The van der Waals surface area contributed by atoms with Crippen LogP contribution in [0.1, 0.15) is 5.56 Å². The number of aryl methyl sites for hydroxylation is 1. The number of allylic oxidation sites excluding steroid dienone is 2. The molecule has 0 unspecified atom stereocenters. The summed E-state index contributed by atoms with van der Waals surface area (Å²) >= 11 is 0. The lowest BCUT2D eigenvalue weighted by atomic mass is 10.2. The molecule has 0 bridgehead atoms. The van der Waals surface area contributed by atoms with Gasteiger partial charge in [0.25, 0.3) is 0 Å². The zero-order chi connectivity index (χ0) is 14.1. The van der Waals surface area contributed by atoms with Gasteiger partial charge in [-0.1, -0.05) is 24.3 Å². The zero-order valence-electron chi connectivity index (χ0n) is 10.6. The van der Waals surface area contributed by atoms with Gasteiger partial charge < -0.3 is 9.84 Å². The molecule has 1 aromatic rings. The lowest BCUT2D eigenvalue weighted by molar-refractivity contribution is -0.131. The molecule has 0 spiro atoms. The van der Waals surface area contributed by atoms with E-state index < -0.39 is 5.97 Å². The molecule has 98 valence electrons. The number of benzene rings is 1. The molecule has 0 atom stereocenters. The van der Waals surface area contributed by atoms with Crippen molar-refractivity contribution in [3.8, 4) is 5.75 Å². The van der Waals surface area contributed by atoms with E-state index in [1.807, 2.05) is 31.2 Å². The van der Waals surface area contributed by atoms with Crippen molar-refractivity contribution >= 4 is 12.2 Å². The van der Waals surface area contributed by atoms with E-state index >= 15 is 0 Å². The van der Waals surface area contributed by atoms with Gasteiger partial charge in [0.1, 0.15) is 11.5 Å². The summed E-state index contributed by atoms with van der Waals surface area (Å²) in [5.74, 6) is -0.0465. The molecule has 0 aliphatic rings. The number of ether oxygens (including phenoxy) is 1. The molecule has 0 saturated carbocycles. The summed E-state index contributed by atoms with van der Waals surface area (Å²) in [4.78, 5) is 14.3. The monoisotopic (exact) mass is 257 g/mol. The third-order valence-electron chi connectivity index (χ3n) is 2.08. The number of carbonyl (C=O) groups is 1. The minimum atomic E-state index is -1.04. The van der Waals surface area contributed by atoms with Gasteiger partial charge in [-0.2, -0.15) is 0 Å². The third kappa shape index (κ3) is 6.02. The van der Waals surface area contributed by atoms with Crippen LogP contribution in [-0.2, 0) is 4.79 Å². The summed E-state index contributed by atoms with van der Waals surface area (Å²) in [7, 11) is 0. The van der Waals surface area contributed by atoms with Crippen LogP contribution in [0.5, 0.6) is 5.75 Å². The Balaban J connectivity index is 2.87. The zero-order valence-corrected chi connectivity index (χ0v) is 10.6. The molecule has 4 heteroatoms. The van der Waals surface area contributed by atoms with Crippen LogP contribution in [0.2, 0.25) is 0 Å². The van der Waals surface area contributed by atoms with Crippen molar-refractivity contribution in [3.05, 3.63) is 66.6 Å². The van der Waals surface area contributed by atoms with Crippen LogP contribution in [0.3, 0.4) is 0 Å². The number of carboxylic acids is 1. The Bertz CT molecular complexity index is 525. The number of hydrogen-bond donors (Lipinski definition) is 1. The SMILES string of the molecule is C=C/N=C/C=C(\C=C\C(=O)O)Oc1ccc(C)cc1. The number of carboxylic acid groups (broad SMARTS) is 1. The first kappa shape index (κ1) is 14.4. The molecule has 0 fully saturated rings. The molecule has 0 aliphatic carbocycles. The van der Waals surface area contributed by atoms with Gasteiger partial charge in [-0.25, -0.2) is 4.79 Å². The fraction of sp³-hybridized carbons (Fsp3) is 0.0667. The van der Waals surface area contributed by atoms with Gasteiger partial charge in [0.05, 0.1) is 0 Å². The molecular formula is C15H15NO3. The molecule has 19 heavy (non-hydrogen) atoms. The number of aliphatic imine (C=N–C) groups is 1. The Morgan fingerprint density at radius 1 is 1.32 bits per heavy atom. The quantitative estimate of drug-likeness (QED) is 0.368. The predicted octanol–water partition coefficient (Wildman–Crippen LogP) is 3.11. The topological polar surface area (TPSA) is 58.9 Å². The summed E-state index contributed by atoms with van der Waals surface area (Å²) in [5, 5.41) is 8.62. The van der Waals surface area contributed by atoms with Gasteiger partial charge in [-0.15, -0.1) is 0 Å². The second-order valence-electron chi connectivity index (χ2n) is 3.64. The first-order chi connectivity index (χ1) is 9.11. The van der Waals surface area contributed by atoms with Crippen LogP contribution in [-0.4, -0.2) is 17.3 Å². The fourth-order valence-electron chi connectivity index (χ4n) is 1.20. The Kier molecular flexibility index (Phi) is 5.82. The van der Waals surface area contributed by atoms with Crippen LogP contribution in [0.25, 0.3) is 0 Å². The second-order valence-corrected chi connectivity index (χ2v) is 3.64. The van der Waals surface area contributed by atoms with E-state index in [9.17, 15) is 4.79 Å². The molecule has 1 N–H and O–H groups in total. The maximum Gasteiger partial charge on any atom is 0.328 e. The molecule has 0 radical (unpaired) electrons. The van der Waals surface area contributed by atoms with E-state index in [-0.39, 0.29) is 0 Å². The van der Waals surface area contributed by atoms with E-state index in [1.165, 1.54) is 18.5 Å². The van der Waals surface area contributed by atoms with Crippen LogP contribution < -0.4 is 4.74 Å². The third-order valence-corrected chi connectivity index (χ3v) is 2.08. The maximum absolute atomic E-state index is 10.5. The number of hydrogen-bond acceptors (Lipinski definition) is 3. The lowest BCUT2D eigenvalue weighted by Gasteiger charge is -2.05. The van der Waals surface area contributed by atoms with Crippen molar-refractivity contribution in [2.45, 2.75) is 6.92 Å². The molecule has 0 saturated heterocycles. The van der Waals surface area contributed by atoms with Gasteiger partial charge in [0.2, 0.25) is 0 Å². The predicted molar refractivity (Wildman–Crippen MR) is 75.4 cm³/mol. The highest BCUT2D eigenvalue weighted by molar-refractivity contribution is 5.81. The number of rotatable bonds is 6. The Morgan fingerprint density at radius 3 is 2.58 bits per heavy atom. The first-order valence-corrected chi connectivity index (χ1v) is 5.61. The second kappa shape index (κ2) is 7.66. The van der Waals surface area contributed by atoms with Crippen molar-refractivity contribution in [2.75, 3.05) is 0 Å².